The van der Waals surface area contributed by atoms with Crippen LogP contribution in [-0.2, 0) is 13.0 Å². The Hall–Kier alpha value is -1.40. The van der Waals surface area contributed by atoms with Gasteiger partial charge in [-0.2, -0.15) is 0 Å². The second-order valence-electron chi connectivity index (χ2n) is 4.72. The fourth-order valence-corrected chi connectivity index (χ4v) is 2.30. The van der Waals surface area contributed by atoms with Gasteiger partial charge in [0.05, 0.1) is 4.47 Å². The summed E-state index contributed by atoms with van der Waals surface area (Å²) in [6, 6.07) is 6.20. The predicted octanol–water partition coefficient (Wildman–Crippen LogP) is 3.00. The van der Waals surface area contributed by atoms with Crippen molar-refractivity contribution in [3.63, 3.8) is 0 Å². The smallest absolute Gasteiger partial charge is 0.145 e. The van der Waals surface area contributed by atoms with Gasteiger partial charge in [0, 0.05) is 6.04 Å². The van der Waals surface area contributed by atoms with E-state index in [1.165, 1.54) is 5.56 Å². The summed E-state index contributed by atoms with van der Waals surface area (Å²) in [6.07, 6.45) is 1.83. The second kappa shape index (κ2) is 6.85. The molecule has 0 radical (unpaired) electrons. The molecule has 20 heavy (non-hydrogen) atoms. The van der Waals surface area contributed by atoms with Crippen LogP contribution in [0.2, 0.25) is 0 Å². The van der Waals surface area contributed by atoms with Crippen LogP contribution in [0.3, 0.4) is 0 Å². The lowest BCUT2D eigenvalue weighted by Crippen LogP contribution is -2.21. The number of hydrogen-bond acceptors (Lipinski definition) is 5. The average molecular weight is 340 g/mol. The van der Waals surface area contributed by atoms with E-state index in [0.29, 0.717) is 12.3 Å². The summed E-state index contributed by atoms with van der Waals surface area (Å²) < 4.78 is 11.3. The zero-order valence-electron chi connectivity index (χ0n) is 11.6. The van der Waals surface area contributed by atoms with Gasteiger partial charge in [0.15, 0.2) is 0 Å². The Balaban J connectivity index is 2.01. The van der Waals surface area contributed by atoms with Crippen LogP contribution in [-0.4, -0.2) is 16.4 Å². The summed E-state index contributed by atoms with van der Waals surface area (Å²) in [5, 5.41) is 7.50. The third kappa shape index (κ3) is 3.80. The molecule has 2 rings (SSSR count). The van der Waals surface area contributed by atoms with E-state index in [-0.39, 0.29) is 6.04 Å². The van der Waals surface area contributed by atoms with E-state index in [0.717, 1.165) is 28.8 Å². The van der Waals surface area contributed by atoms with Crippen molar-refractivity contribution in [3.8, 4) is 5.75 Å². The summed E-state index contributed by atoms with van der Waals surface area (Å²) in [5.74, 6) is 0.765. The first kappa shape index (κ1) is 15.0. The zero-order chi connectivity index (χ0) is 14.5. The van der Waals surface area contributed by atoms with Gasteiger partial charge in [-0.05, 0) is 53.4 Å². The summed E-state index contributed by atoms with van der Waals surface area (Å²) in [7, 11) is 0. The maximum Gasteiger partial charge on any atom is 0.145 e. The molecule has 0 spiro atoms. The van der Waals surface area contributed by atoms with E-state index in [1.807, 2.05) is 25.1 Å². The number of halogens is 1. The minimum atomic E-state index is 0.192. The summed E-state index contributed by atoms with van der Waals surface area (Å²) >= 11 is 3.52. The highest BCUT2D eigenvalue weighted by Gasteiger charge is 2.09. The molecule has 1 aromatic heterocycles. The molecular formula is C14H18BrN3O2. The largest absolute Gasteiger partial charge is 0.486 e. The van der Waals surface area contributed by atoms with Gasteiger partial charge < -0.3 is 10.5 Å². The number of benzene rings is 1. The molecule has 1 atom stereocenters. The first-order valence-electron chi connectivity index (χ1n) is 6.55. The number of aromatic nitrogens is 2. The molecule has 1 aromatic carbocycles. The Morgan fingerprint density at radius 3 is 2.80 bits per heavy atom. The molecule has 1 unspecified atom stereocenters. The number of rotatable bonds is 6. The highest BCUT2D eigenvalue weighted by atomic mass is 79.9. The van der Waals surface area contributed by atoms with Crippen molar-refractivity contribution in [2.45, 2.75) is 39.3 Å². The van der Waals surface area contributed by atoms with Crippen LogP contribution in [0.4, 0.5) is 0 Å². The molecule has 0 fully saturated rings. The number of aryl methyl sites for hydroxylation is 1. The fourth-order valence-electron chi connectivity index (χ4n) is 1.76. The van der Waals surface area contributed by atoms with Crippen molar-refractivity contribution < 1.29 is 9.37 Å². The van der Waals surface area contributed by atoms with Gasteiger partial charge in [-0.15, -0.1) is 0 Å². The molecular weight excluding hydrogens is 322 g/mol. The number of nitrogens with zero attached hydrogens (tertiary/aromatic N) is 2. The molecule has 2 aromatic rings. The molecule has 0 saturated heterocycles. The van der Waals surface area contributed by atoms with E-state index < -0.39 is 0 Å². The third-order valence-electron chi connectivity index (χ3n) is 3.13. The second-order valence-corrected chi connectivity index (χ2v) is 5.58. The van der Waals surface area contributed by atoms with Gasteiger partial charge in [-0.3, -0.25) is 0 Å². The minimum absolute atomic E-state index is 0.192. The standard InChI is InChI=1S/C14H18BrN3O2/c1-3-11(16)6-10-4-5-14(12(15)7-10)19-8-13-9(2)17-20-18-13/h4-5,7,11H,3,6,8,16H2,1-2H3. The SMILES string of the molecule is CCC(N)Cc1ccc(OCc2nonc2C)c(Br)c1. The van der Waals surface area contributed by atoms with Crippen LogP contribution in [0.15, 0.2) is 27.3 Å². The highest BCUT2D eigenvalue weighted by Crippen LogP contribution is 2.27. The monoisotopic (exact) mass is 339 g/mol. The van der Waals surface area contributed by atoms with Crippen molar-refractivity contribution >= 4 is 15.9 Å². The predicted molar refractivity (Wildman–Crippen MR) is 79.5 cm³/mol. The molecule has 6 heteroatoms. The quantitative estimate of drug-likeness (QED) is 0.875. The lowest BCUT2D eigenvalue weighted by Gasteiger charge is -2.11. The highest BCUT2D eigenvalue weighted by molar-refractivity contribution is 9.10. The molecule has 108 valence electrons. The average Bonchev–Trinajstić information content (AvgIpc) is 2.83. The molecule has 2 N–H and O–H groups in total. The topological polar surface area (TPSA) is 74.2 Å². The van der Waals surface area contributed by atoms with Crippen LogP contribution in [0.1, 0.15) is 30.3 Å². The van der Waals surface area contributed by atoms with E-state index in [2.05, 4.69) is 37.8 Å². The molecule has 0 aliphatic heterocycles. The number of nitrogens with two attached hydrogens (primary N) is 1. The van der Waals surface area contributed by atoms with Crippen LogP contribution in [0, 0.1) is 6.92 Å². The van der Waals surface area contributed by atoms with Gasteiger partial charge in [0.2, 0.25) is 0 Å². The molecule has 0 amide bonds. The molecule has 5 nitrogen and oxygen atoms in total. The molecule has 1 heterocycles. The molecule has 0 bridgehead atoms. The Labute approximate surface area is 126 Å². The fraction of sp³-hybridized carbons (Fsp3) is 0.429. The Morgan fingerprint density at radius 2 is 2.20 bits per heavy atom. The summed E-state index contributed by atoms with van der Waals surface area (Å²) in [5.41, 5.74) is 8.60. The normalized spacial score (nSPS) is 12.4. The minimum Gasteiger partial charge on any atom is -0.486 e. The van der Waals surface area contributed by atoms with Crippen LogP contribution in [0.5, 0.6) is 5.75 Å². The summed E-state index contributed by atoms with van der Waals surface area (Å²) in [6.45, 7) is 4.26. The van der Waals surface area contributed by atoms with Crippen molar-refractivity contribution in [3.05, 3.63) is 39.6 Å². The maximum atomic E-state index is 5.96. The van der Waals surface area contributed by atoms with E-state index in [1.54, 1.807) is 0 Å². The van der Waals surface area contributed by atoms with E-state index in [4.69, 9.17) is 10.5 Å². The molecule has 0 aliphatic carbocycles. The molecule has 0 aliphatic rings. The van der Waals surface area contributed by atoms with Crippen molar-refractivity contribution in [2.75, 3.05) is 0 Å². The first-order chi connectivity index (χ1) is 9.60. The van der Waals surface area contributed by atoms with Gasteiger partial charge in [-0.25, -0.2) is 4.63 Å². The third-order valence-corrected chi connectivity index (χ3v) is 3.75. The first-order valence-corrected chi connectivity index (χ1v) is 7.34. The van der Waals surface area contributed by atoms with Gasteiger partial charge in [0.25, 0.3) is 0 Å². The summed E-state index contributed by atoms with van der Waals surface area (Å²) in [4.78, 5) is 0. The van der Waals surface area contributed by atoms with E-state index in [9.17, 15) is 0 Å². The van der Waals surface area contributed by atoms with Crippen molar-refractivity contribution in [1.82, 2.24) is 10.3 Å². The van der Waals surface area contributed by atoms with Crippen LogP contribution >= 0.6 is 15.9 Å². The van der Waals surface area contributed by atoms with Crippen LogP contribution in [0.25, 0.3) is 0 Å². The van der Waals surface area contributed by atoms with Crippen molar-refractivity contribution in [1.29, 1.82) is 0 Å². The van der Waals surface area contributed by atoms with E-state index >= 15 is 0 Å². The Kier molecular flexibility index (Phi) is 5.14. The van der Waals surface area contributed by atoms with Crippen LogP contribution < -0.4 is 10.5 Å². The zero-order valence-corrected chi connectivity index (χ0v) is 13.2. The van der Waals surface area contributed by atoms with Crippen molar-refractivity contribution in [2.24, 2.45) is 5.73 Å². The maximum absolute atomic E-state index is 5.96. The van der Waals surface area contributed by atoms with Gasteiger partial charge in [-0.1, -0.05) is 23.3 Å². The van der Waals surface area contributed by atoms with Gasteiger partial charge >= 0.3 is 0 Å². The lowest BCUT2D eigenvalue weighted by atomic mass is 10.0. The number of ether oxygens (including phenoxy) is 1. The van der Waals surface area contributed by atoms with Gasteiger partial charge in [0.1, 0.15) is 23.7 Å². The lowest BCUT2D eigenvalue weighted by molar-refractivity contribution is 0.269. The Bertz CT molecular complexity index is 571. The Morgan fingerprint density at radius 1 is 1.40 bits per heavy atom. The number of hydrogen-bond donors (Lipinski definition) is 1. The molecule has 0 saturated carbocycles.